The molecule has 1 aromatic heterocycles. The first-order valence-corrected chi connectivity index (χ1v) is 10.7. The Morgan fingerprint density at radius 1 is 1.10 bits per heavy atom. The third kappa shape index (κ3) is 5.43. The summed E-state index contributed by atoms with van der Waals surface area (Å²) in [7, 11) is 1.94. The number of hydrogen-bond donors (Lipinski definition) is 2. The van der Waals surface area contributed by atoms with Crippen LogP contribution in [0, 0.1) is 5.92 Å². The SMILES string of the molecule is CC(C)C(NC(=O)c1ccccc1Cl)C(=O)Nc1ccc(Sc2nccn2C)cc1. The zero-order valence-corrected chi connectivity index (χ0v) is 18.5. The third-order valence-corrected chi connectivity index (χ3v) is 5.88. The number of rotatable bonds is 7. The lowest BCUT2D eigenvalue weighted by molar-refractivity contribution is -0.118. The molecule has 1 heterocycles. The second kappa shape index (κ2) is 9.82. The highest BCUT2D eigenvalue weighted by atomic mass is 35.5. The van der Waals surface area contributed by atoms with Crippen LogP contribution in [0.25, 0.3) is 0 Å². The zero-order valence-electron chi connectivity index (χ0n) is 16.9. The summed E-state index contributed by atoms with van der Waals surface area (Å²) < 4.78 is 1.94. The van der Waals surface area contributed by atoms with E-state index < -0.39 is 6.04 Å². The topological polar surface area (TPSA) is 76.0 Å². The largest absolute Gasteiger partial charge is 0.340 e. The lowest BCUT2D eigenvalue weighted by atomic mass is 10.0. The number of aromatic nitrogens is 2. The van der Waals surface area contributed by atoms with E-state index in [-0.39, 0.29) is 17.7 Å². The van der Waals surface area contributed by atoms with Gasteiger partial charge in [0.25, 0.3) is 5.91 Å². The molecule has 1 atom stereocenters. The van der Waals surface area contributed by atoms with Gasteiger partial charge < -0.3 is 15.2 Å². The van der Waals surface area contributed by atoms with Crippen LogP contribution in [0.3, 0.4) is 0 Å². The molecule has 0 bridgehead atoms. The lowest BCUT2D eigenvalue weighted by Crippen LogP contribution is -2.47. The van der Waals surface area contributed by atoms with Crippen molar-refractivity contribution < 1.29 is 9.59 Å². The fraction of sp³-hybridized carbons (Fsp3) is 0.227. The van der Waals surface area contributed by atoms with Gasteiger partial charge in [0.15, 0.2) is 5.16 Å². The lowest BCUT2D eigenvalue weighted by Gasteiger charge is -2.22. The van der Waals surface area contributed by atoms with E-state index in [4.69, 9.17) is 11.6 Å². The predicted octanol–water partition coefficient (Wildman–Crippen LogP) is 4.62. The summed E-state index contributed by atoms with van der Waals surface area (Å²) in [5.74, 6) is -0.763. The molecule has 3 rings (SSSR count). The van der Waals surface area contributed by atoms with Gasteiger partial charge in [-0.25, -0.2) is 4.98 Å². The Labute approximate surface area is 185 Å². The number of imidazole rings is 1. The maximum absolute atomic E-state index is 12.8. The number of carbonyl (C=O) groups is 2. The van der Waals surface area contributed by atoms with Crippen molar-refractivity contribution in [1.29, 1.82) is 0 Å². The number of hydrogen-bond acceptors (Lipinski definition) is 4. The molecule has 2 amide bonds. The molecule has 0 aliphatic heterocycles. The number of anilines is 1. The molecule has 1 unspecified atom stereocenters. The Kier molecular flexibility index (Phi) is 7.18. The van der Waals surface area contributed by atoms with Crippen LogP contribution >= 0.6 is 23.4 Å². The maximum atomic E-state index is 12.8. The summed E-state index contributed by atoms with van der Waals surface area (Å²) >= 11 is 7.63. The fourth-order valence-electron chi connectivity index (χ4n) is 2.78. The van der Waals surface area contributed by atoms with E-state index in [1.807, 2.05) is 55.9 Å². The third-order valence-electron chi connectivity index (χ3n) is 4.46. The normalized spacial score (nSPS) is 11.9. The summed E-state index contributed by atoms with van der Waals surface area (Å²) in [5, 5.41) is 6.90. The van der Waals surface area contributed by atoms with Crippen molar-refractivity contribution >= 4 is 40.9 Å². The summed E-state index contributed by atoms with van der Waals surface area (Å²) in [4.78, 5) is 30.7. The Balaban J connectivity index is 1.65. The van der Waals surface area contributed by atoms with Crippen LogP contribution in [0.15, 0.2) is 71.0 Å². The van der Waals surface area contributed by atoms with Crippen LogP contribution in [0.1, 0.15) is 24.2 Å². The summed E-state index contributed by atoms with van der Waals surface area (Å²) in [6.07, 6.45) is 3.64. The Morgan fingerprint density at radius 3 is 2.40 bits per heavy atom. The molecule has 0 aliphatic carbocycles. The second-order valence-electron chi connectivity index (χ2n) is 7.11. The fourth-order valence-corrected chi connectivity index (χ4v) is 3.80. The number of aryl methyl sites for hydroxylation is 1. The van der Waals surface area contributed by atoms with E-state index in [2.05, 4.69) is 15.6 Å². The first-order valence-electron chi connectivity index (χ1n) is 9.46. The Bertz CT molecular complexity index is 1030. The minimum atomic E-state index is -0.699. The molecule has 0 spiro atoms. The van der Waals surface area contributed by atoms with Crippen LogP contribution in [0.2, 0.25) is 5.02 Å². The number of amides is 2. The first-order chi connectivity index (χ1) is 14.3. The van der Waals surface area contributed by atoms with E-state index >= 15 is 0 Å². The molecule has 0 saturated heterocycles. The highest BCUT2D eigenvalue weighted by Crippen LogP contribution is 2.27. The van der Waals surface area contributed by atoms with Crippen molar-refractivity contribution in [2.75, 3.05) is 5.32 Å². The molecule has 3 aromatic rings. The van der Waals surface area contributed by atoms with Gasteiger partial charge in [-0.2, -0.15) is 0 Å². The van der Waals surface area contributed by atoms with Gasteiger partial charge in [-0.05, 0) is 42.3 Å². The molecule has 0 aliphatic rings. The van der Waals surface area contributed by atoms with Crippen molar-refractivity contribution in [2.24, 2.45) is 13.0 Å². The molecule has 6 nitrogen and oxygen atoms in total. The number of benzene rings is 2. The monoisotopic (exact) mass is 442 g/mol. The van der Waals surface area contributed by atoms with Crippen LogP contribution in [0.4, 0.5) is 5.69 Å². The second-order valence-corrected chi connectivity index (χ2v) is 8.56. The average Bonchev–Trinajstić information content (AvgIpc) is 3.12. The highest BCUT2D eigenvalue weighted by molar-refractivity contribution is 7.99. The van der Waals surface area contributed by atoms with E-state index in [0.29, 0.717) is 16.3 Å². The number of halogens is 1. The van der Waals surface area contributed by atoms with E-state index in [0.717, 1.165) is 10.1 Å². The molecular weight excluding hydrogens is 420 g/mol. The highest BCUT2D eigenvalue weighted by Gasteiger charge is 2.25. The first kappa shape index (κ1) is 21.9. The average molecular weight is 443 g/mol. The number of nitrogens with one attached hydrogen (secondary N) is 2. The summed E-state index contributed by atoms with van der Waals surface area (Å²) in [6.45, 7) is 3.76. The van der Waals surface area contributed by atoms with Gasteiger partial charge in [0.05, 0.1) is 10.6 Å². The van der Waals surface area contributed by atoms with Gasteiger partial charge in [-0.3, -0.25) is 9.59 Å². The quantitative estimate of drug-likeness (QED) is 0.559. The Hall–Kier alpha value is -2.77. The molecule has 30 heavy (non-hydrogen) atoms. The van der Waals surface area contributed by atoms with Gasteiger partial charge in [0.2, 0.25) is 5.91 Å². The molecule has 2 aromatic carbocycles. The number of nitrogens with zero attached hydrogens (tertiary/aromatic N) is 2. The van der Waals surface area contributed by atoms with E-state index in [1.165, 1.54) is 11.8 Å². The van der Waals surface area contributed by atoms with Crippen LogP contribution in [-0.4, -0.2) is 27.4 Å². The molecule has 156 valence electrons. The van der Waals surface area contributed by atoms with Gasteiger partial charge in [-0.15, -0.1) is 0 Å². The van der Waals surface area contributed by atoms with Crippen molar-refractivity contribution in [1.82, 2.24) is 14.9 Å². The smallest absolute Gasteiger partial charge is 0.253 e. The van der Waals surface area contributed by atoms with Crippen molar-refractivity contribution in [2.45, 2.75) is 29.9 Å². The van der Waals surface area contributed by atoms with Crippen molar-refractivity contribution in [3.05, 3.63) is 71.5 Å². The zero-order chi connectivity index (χ0) is 21.7. The minimum absolute atomic E-state index is 0.102. The molecule has 8 heteroatoms. The van der Waals surface area contributed by atoms with Crippen LogP contribution < -0.4 is 10.6 Å². The standard InChI is InChI=1S/C22H23ClN4O2S/c1-14(2)19(26-20(28)17-6-4-5-7-18(17)23)21(29)25-15-8-10-16(11-9-15)30-22-24-12-13-27(22)3/h4-14,19H,1-3H3,(H,25,29)(H,26,28). The number of carbonyl (C=O) groups excluding carboxylic acids is 2. The van der Waals surface area contributed by atoms with Crippen LogP contribution in [-0.2, 0) is 11.8 Å². The van der Waals surface area contributed by atoms with Gasteiger partial charge in [-0.1, -0.05) is 49.3 Å². The van der Waals surface area contributed by atoms with Crippen LogP contribution in [0.5, 0.6) is 0 Å². The van der Waals surface area contributed by atoms with Crippen molar-refractivity contribution in [3.63, 3.8) is 0 Å². The van der Waals surface area contributed by atoms with Gasteiger partial charge >= 0.3 is 0 Å². The molecule has 0 radical (unpaired) electrons. The van der Waals surface area contributed by atoms with Crippen molar-refractivity contribution in [3.8, 4) is 0 Å². The summed E-state index contributed by atoms with van der Waals surface area (Å²) in [5.41, 5.74) is 0.995. The molecule has 2 N–H and O–H groups in total. The maximum Gasteiger partial charge on any atom is 0.253 e. The summed E-state index contributed by atoms with van der Waals surface area (Å²) in [6, 6.07) is 13.6. The minimum Gasteiger partial charge on any atom is -0.340 e. The van der Waals surface area contributed by atoms with Gasteiger partial charge in [0, 0.05) is 30.0 Å². The Morgan fingerprint density at radius 2 is 1.80 bits per heavy atom. The molecular formula is C22H23ClN4O2S. The van der Waals surface area contributed by atoms with E-state index in [9.17, 15) is 9.59 Å². The molecule has 0 saturated carbocycles. The molecule has 0 fully saturated rings. The van der Waals surface area contributed by atoms with E-state index in [1.54, 1.807) is 30.5 Å². The van der Waals surface area contributed by atoms with Gasteiger partial charge in [0.1, 0.15) is 6.04 Å². The predicted molar refractivity (Wildman–Crippen MR) is 120 cm³/mol.